The highest BCUT2D eigenvalue weighted by Gasteiger charge is 2.27. The Kier molecular flexibility index (Phi) is 11.3. The highest BCUT2D eigenvalue weighted by Crippen LogP contribution is 2.29. The summed E-state index contributed by atoms with van der Waals surface area (Å²) >= 11 is 1.41. The second-order valence-electron chi connectivity index (χ2n) is 9.31. The molecule has 1 aliphatic rings. The first-order valence-electron chi connectivity index (χ1n) is 13.1. The number of hydrogen-bond acceptors (Lipinski definition) is 6. The number of anilines is 1. The predicted octanol–water partition coefficient (Wildman–Crippen LogP) is 5.39. The summed E-state index contributed by atoms with van der Waals surface area (Å²) in [6.45, 7) is 10.0. The summed E-state index contributed by atoms with van der Waals surface area (Å²) in [7, 11) is -3.64. The Balaban J connectivity index is 1.53. The predicted molar refractivity (Wildman–Crippen MR) is 151 cm³/mol. The molecular weight excluding hydrogens is 490 g/mol. The van der Waals surface area contributed by atoms with Gasteiger partial charge in [-0.1, -0.05) is 38.1 Å². The number of thioether (sulfide) groups is 1. The molecule has 0 aromatic heterocycles. The fourth-order valence-corrected chi connectivity index (χ4v) is 7.43. The van der Waals surface area contributed by atoms with E-state index < -0.39 is 10.0 Å². The molecule has 1 saturated heterocycles. The molecule has 36 heavy (non-hydrogen) atoms. The molecular formula is C28H41N3O3S2. The van der Waals surface area contributed by atoms with E-state index in [2.05, 4.69) is 34.1 Å². The van der Waals surface area contributed by atoms with Crippen molar-refractivity contribution in [2.75, 3.05) is 57.0 Å². The average Bonchev–Trinajstić information content (AvgIpc) is 2.91. The minimum Gasteiger partial charge on any atom is -0.369 e. The van der Waals surface area contributed by atoms with Crippen LogP contribution in [0.3, 0.4) is 0 Å². The number of sulfonamides is 1. The van der Waals surface area contributed by atoms with Crippen LogP contribution in [0.25, 0.3) is 0 Å². The molecule has 0 saturated carbocycles. The lowest BCUT2D eigenvalue weighted by molar-refractivity contribution is 0.0977. The molecule has 198 valence electrons. The van der Waals surface area contributed by atoms with E-state index in [1.54, 1.807) is 22.5 Å². The Hall–Kier alpha value is -1.87. The van der Waals surface area contributed by atoms with Crippen LogP contribution >= 0.6 is 11.8 Å². The number of piperazine rings is 1. The maximum absolute atomic E-state index is 13.4. The molecule has 8 heteroatoms. The van der Waals surface area contributed by atoms with Crippen molar-refractivity contribution in [3.8, 4) is 0 Å². The van der Waals surface area contributed by atoms with Crippen LogP contribution in [0.15, 0.2) is 58.3 Å². The SMILES string of the molecule is CCCN(CCC)S(=O)(=O)c1cc(C(=O)CCCCN2CCN(c3ccccc3)CC2)ccc1SC. The number of Topliss-reactive ketones (excluding diaryl/α,β-unsaturated/α-hetero) is 1. The number of ketones is 1. The normalized spacial score (nSPS) is 14.9. The van der Waals surface area contributed by atoms with Crippen LogP contribution in [-0.2, 0) is 10.0 Å². The topological polar surface area (TPSA) is 60.9 Å². The molecule has 0 N–H and O–H groups in total. The third kappa shape index (κ3) is 7.57. The molecule has 1 aliphatic heterocycles. The van der Waals surface area contributed by atoms with E-state index >= 15 is 0 Å². The van der Waals surface area contributed by atoms with Crippen LogP contribution in [-0.4, -0.2) is 75.5 Å². The summed E-state index contributed by atoms with van der Waals surface area (Å²) < 4.78 is 28.4. The van der Waals surface area contributed by atoms with E-state index in [1.165, 1.54) is 17.4 Å². The number of unbranched alkanes of at least 4 members (excludes halogenated alkanes) is 1. The van der Waals surface area contributed by atoms with Gasteiger partial charge in [0.1, 0.15) is 0 Å². The van der Waals surface area contributed by atoms with Crippen molar-refractivity contribution in [3.63, 3.8) is 0 Å². The van der Waals surface area contributed by atoms with E-state index in [9.17, 15) is 13.2 Å². The number of para-hydroxylation sites is 1. The molecule has 2 aromatic rings. The second-order valence-corrected chi connectivity index (χ2v) is 12.1. The van der Waals surface area contributed by atoms with Crippen molar-refractivity contribution in [3.05, 3.63) is 54.1 Å². The summed E-state index contributed by atoms with van der Waals surface area (Å²) in [5.74, 6) is 0.0190. The zero-order valence-corrected chi connectivity index (χ0v) is 23.6. The van der Waals surface area contributed by atoms with Gasteiger partial charge in [0.2, 0.25) is 10.0 Å². The van der Waals surface area contributed by atoms with Gasteiger partial charge in [0.25, 0.3) is 0 Å². The number of benzene rings is 2. The van der Waals surface area contributed by atoms with Gasteiger partial charge in [0.15, 0.2) is 5.78 Å². The summed E-state index contributed by atoms with van der Waals surface area (Å²) in [6, 6.07) is 15.7. The molecule has 0 amide bonds. The molecule has 6 nitrogen and oxygen atoms in total. The van der Waals surface area contributed by atoms with Gasteiger partial charge in [-0.05, 0) is 62.7 Å². The maximum Gasteiger partial charge on any atom is 0.244 e. The Morgan fingerprint density at radius 1 is 0.944 bits per heavy atom. The average molecular weight is 532 g/mol. The van der Waals surface area contributed by atoms with Crippen LogP contribution < -0.4 is 4.90 Å². The van der Waals surface area contributed by atoms with Crippen molar-refractivity contribution in [2.24, 2.45) is 0 Å². The number of carbonyl (C=O) groups excluding carboxylic acids is 1. The van der Waals surface area contributed by atoms with Gasteiger partial charge >= 0.3 is 0 Å². The van der Waals surface area contributed by atoms with E-state index in [-0.39, 0.29) is 10.7 Å². The molecule has 3 rings (SSSR count). The fraction of sp³-hybridized carbons (Fsp3) is 0.536. The van der Waals surface area contributed by atoms with E-state index in [1.807, 2.05) is 26.2 Å². The molecule has 0 atom stereocenters. The van der Waals surface area contributed by atoms with Gasteiger partial charge in [0.05, 0.1) is 4.90 Å². The first-order chi connectivity index (χ1) is 17.4. The lowest BCUT2D eigenvalue weighted by Gasteiger charge is -2.36. The molecule has 0 spiro atoms. The van der Waals surface area contributed by atoms with Gasteiger partial charge in [-0.2, -0.15) is 4.31 Å². The van der Waals surface area contributed by atoms with E-state index in [0.717, 1.165) is 58.4 Å². The van der Waals surface area contributed by atoms with Gasteiger partial charge in [-0.3, -0.25) is 9.69 Å². The standard InChI is InChI=1S/C28H41N3O3S2/c1-4-16-31(17-5-2)36(33,34)28-23-24(14-15-27(28)35-3)26(32)13-9-10-18-29-19-21-30(22-20-29)25-11-7-6-8-12-25/h6-8,11-12,14-15,23H,4-5,9-10,13,16-22H2,1-3H3. The van der Waals surface area contributed by atoms with Gasteiger partial charge in [-0.25, -0.2) is 8.42 Å². The van der Waals surface area contributed by atoms with E-state index in [0.29, 0.717) is 30.0 Å². The minimum absolute atomic E-state index is 0.0190. The number of carbonyl (C=O) groups is 1. The third-order valence-corrected chi connectivity index (χ3v) is 9.53. The zero-order valence-electron chi connectivity index (χ0n) is 22.0. The van der Waals surface area contributed by atoms with Crippen LogP contribution in [0.1, 0.15) is 56.3 Å². The first kappa shape index (κ1) is 28.7. The van der Waals surface area contributed by atoms with Crippen LogP contribution in [0.4, 0.5) is 5.69 Å². The summed E-state index contributed by atoms with van der Waals surface area (Å²) in [5.41, 5.74) is 1.78. The Morgan fingerprint density at radius 3 is 2.22 bits per heavy atom. The summed E-state index contributed by atoms with van der Waals surface area (Å²) in [5, 5.41) is 0. The van der Waals surface area contributed by atoms with Crippen molar-refractivity contribution in [1.82, 2.24) is 9.21 Å². The first-order valence-corrected chi connectivity index (χ1v) is 15.8. The summed E-state index contributed by atoms with van der Waals surface area (Å²) in [4.78, 5) is 18.8. The van der Waals surface area contributed by atoms with Crippen molar-refractivity contribution >= 4 is 33.3 Å². The van der Waals surface area contributed by atoms with Crippen molar-refractivity contribution in [1.29, 1.82) is 0 Å². The molecule has 2 aromatic carbocycles. The largest absolute Gasteiger partial charge is 0.369 e. The Labute approximate surface area is 222 Å². The lowest BCUT2D eigenvalue weighted by Crippen LogP contribution is -2.46. The minimum atomic E-state index is -3.64. The third-order valence-electron chi connectivity index (χ3n) is 6.67. The summed E-state index contributed by atoms with van der Waals surface area (Å²) in [6.07, 6.45) is 5.60. The molecule has 0 unspecified atom stereocenters. The van der Waals surface area contributed by atoms with Crippen molar-refractivity contribution in [2.45, 2.75) is 55.7 Å². The second kappa shape index (κ2) is 14.2. The molecule has 0 aliphatic carbocycles. The van der Waals surface area contributed by atoms with E-state index in [4.69, 9.17) is 0 Å². The Bertz CT molecular complexity index is 1060. The lowest BCUT2D eigenvalue weighted by atomic mass is 10.1. The quantitative estimate of drug-likeness (QED) is 0.185. The smallest absolute Gasteiger partial charge is 0.244 e. The number of rotatable bonds is 14. The fourth-order valence-electron chi connectivity index (χ4n) is 4.68. The van der Waals surface area contributed by atoms with Crippen LogP contribution in [0, 0.1) is 0 Å². The highest BCUT2D eigenvalue weighted by molar-refractivity contribution is 7.99. The van der Waals surface area contributed by atoms with Crippen molar-refractivity contribution < 1.29 is 13.2 Å². The zero-order chi connectivity index (χ0) is 26.0. The highest BCUT2D eigenvalue weighted by atomic mass is 32.2. The molecule has 0 radical (unpaired) electrons. The number of hydrogen-bond donors (Lipinski definition) is 0. The van der Waals surface area contributed by atoms with Crippen LogP contribution in [0.5, 0.6) is 0 Å². The number of nitrogens with zero attached hydrogens (tertiary/aromatic N) is 3. The van der Waals surface area contributed by atoms with Gasteiger partial charge < -0.3 is 4.90 Å². The van der Waals surface area contributed by atoms with Gasteiger partial charge in [-0.15, -0.1) is 11.8 Å². The van der Waals surface area contributed by atoms with Crippen LogP contribution in [0.2, 0.25) is 0 Å². The monoisotopic (exact) mass is 531 g/mol. The Morgan fingerprint density at radius 2 is 1.61 bits per heavy atom. The molecule has 1 fully saturated rings. The molecule has 0 bridgehead atoms. The van der Waals surface area contributed by atoms with Gasteiger partial charge in [0, 0.05) is 61.8 Å². The molecule has 1 heterocycles. The maximum atomic E-state index is 13.4.